The van der Waals surface area contributed by atoms with Crippen molar-refractivity contribution in [2.45, 2.75) is 31.8 Å². The molecular formula is C17H17FN4O5S. The molecule has 0 saturated heterocycles. The predicted molar refractivity (Wildman–Crippen MR) is 98.4 cm³/mol. The molecule has 28 heavy (non-hydrogen) atoms. The summed E-state index contributed by atoms with van der Waals surface area (Å²) in [6, 6.07) is 2.64. The zero-order valence-electron chi connectivity index (χ0n) is 15.1. The molecule has 9 nitrogen and oxygen atoms in total. The molecule has 11 heteroatoms. The molecule has 2 N–H and O–H groups in total. The van der Waals surface area contributed by atoms with Gasteiger partial charge in [-0.2, -0.15) is 0 Å². The van der Waals surface area contributed by atoms with Crippen LogP contribution in [0.2, 0.25) is 0 Å². The third kappa shape index (κ3) is 5.71. The van der Waals surface area contributed by atoms with E-state index in [1.807, 2.05) is 0 Å². The van der Waals surface area contributed by atoms with E-state index in [1.165, 1.54) is 0 Å². The lowest BCUT2D eigenvalue weighted by Gasteiger charge is -2.10. The number of aryl methyl sites for hydroxylation is 2. The molecule has 0 atom stereocenters. The third-order valence-electron chi connectivity index (χ3n) is 3.67. The van der Waals surface area contributed by atoms with Gasteiger partial charge >= 0.3 is 11.7 Å². The number of amides is 1. The van der Waals surface area contributed by atoms with Crippen LogP contribution in [0.4, 0.5) is 10.1 Å². The molecule has 1 amide bonds. The van der Waals surface area contributed by atoms with Gasteiger partial charge in [-0.25, -0.2) is 14.4 Å². The summed E-state index contributed by atoms with van der Waals surface area (Å²) in [5.74, 6) is -2.38. The first kappa shape index (κ1) is 21.2. The summed E-state index contributed by atoms with van der Waals surface area (Å²) >= 11 is 1.11. The summed E-state index contributed by atoms with van der Waals surface area (Å²) in [4.78, 5) is 41.7. The number of nitrogens with zero attached hydrogens (tertiary/aromatic N) is 3. The minimum atomic E-state index is -0.757. The number of hydrogen-bond acceptors (Lipinski definition) is 8. The number of carbonyl (C=O) groups is 2. The standard InChI is InChI=1S/C17H17FN4O5S/c1-9-12(10(2)21-17(20-9)28-8-15(19)23)4-6-16(24)27-14-7-11(18)3-5-13(14)22(25)26/h3,5,7H,4,6,8H2,1-2H3,(H2,19,23). The number of carbonyl (C=O) groups excluding carboxylic acids is 2. The predicted octanol–water partition coefficient (Wildman–Crippen LogP) is 2.26. The molecule has 2 rings (SSSR count). The molecule has 0 aliphatic carbocycles. The summed E-state index contributed by atoms with van der Waals surface area (Å²) in [6.07, 6.45) is 0.132. The first-order chi connectivity index (χ1) is 13.2. The summed E-state index contributed by atoms with van der Waals surface area (Å²) in [6.45, 7) is 3.47. The molecule has 0 aliphatic rings. The topological polar surface area (TPSA) is 138 Å². The average molecular weight is 408 g/mol. The lowest BCUT2D eigenvalue weighted by atomic mass is 10.1. The van der Waals surface area contributed by atoms with Gasteiger partial charge in [0.2, 0.25) is 11.7 Å². The van der Waals surface area contributed by atoms with Crippen LogP contribution < -0.4 is 10.5 Å². The van der Waals surface area contributed by atoms with Crippen LogP contribution >= 0.6 is 11.8 Å². The first-order valence-corrected chi connectivity index (χ1v) is 9.05. The van der Waals surface area contributed by atoms with Crippen LogP contribution in [0, 0.1) is 29.8 Å². The maximum atomic E-state index is 13.3. The molecule has 0 unspecified atom stereocenters. The second-order valence-corrected chi connectivity index (χ2v) is 6.70. The number of thioether (sulfide) groups is 1. The van der Waals surface area contributed by atoms with E-state index in [1.54, 1.807) is 13.8 Å². The molecule has 1 aromatic carbocycles. The Morgan fingerprint density at radius 2 is 1.93 bits per heavy atom. The van der Waals surface area contributed by atoms with Gasteiger partial charge in [-0.05, 0) is 31.9 Å². The van der Waals surface area contributed by atoms with Crippen LogP contribution in [0.3, 0.4) is 0 Å². The molecule has 1 aromatic heterocycles. The van der Waals surface area contributed by atoms with Crippen molar-refractivity contribution in [1.82, 2.24) is 9.97 Å². The fraction of sp³-hybridized carbons (Fsp3) is 0.294. The van der Waals surface area contributed by atoms with Gasteiger partial charge in [0.25, 0.3) is 0 Å². The van der Waals surface area contributed by atoms with Gasteiger partial charge in [0.05, 0.1) is 17.1 Å². The normalized spacial score (nSPS) is 10.5. The quantitative estimate of drug-likeness (QED) is 0.175. The van der Waals surface area contributed by atoms with E-state index in [2.05, 4.69) is 9.97 Å². The Morgan fingerprint density at radius 3 is 2.50 bits per heavy atom. The average Bonchev–Trinajstić information content (AvgIpc) is 2.59. The van der Waals surface area contributed by atoms with Crippen molar-refractivity contribution < 1.29 is 23.6 Å². The maximum Gasteiger partial charge on any atom is 0.311 e. The Kier molecular flexibility index (Phi) is 6.99. The largest absolute Gasteiger partial charge is 0.419 e. The first-order valence-electron chi connectivity index (χ1n) is 8.07. The highest BCUT2D eigenvalue weighted by atomic mass is 32.2. The molecule has 2 aromatic rings. The van der Waals surface area contributed by atoms with Gasteiger partial charge < -0.3 is 10.5 Å². The Morgan fingerprint density at radius 1 is 1.29 bits per heavy atom. The van der Waals surface area contributed by atoms with Gasteiger partial charge in [-0.1, -0.05) is 11.8 Å². The molecule has 1 heterocycles. The van der Waals surface area contributed by atoms with Crippen LogP contribution in [-0.2, 0) is 16.0 Å². The fourth-order valence-corrected chi connectivity index (χ4v) is 3.07. The van der Waals surface area contributed by atoms with Crippen LogP contribution in [0.25, 0.3) is 0 Å². The Hall–Kier alpha value is -3.08. The summed E-state index contributed by atoms with van der Waals surface area (Å²) in [5, 5.41) is 11.4. The van der Waals surface area contributed by atoms with Crippen molar-refractivity contribution in [3.8, 4) is 5.75 Å². The van der Waals surface area contributed by atoms with E-state index in [0.717, 1.165) is 30.0 Å². The van der Waals surface area contributed by atoms with Crippen molar-refractivity contribution in [1.29, 1.82) is 0 Å². The minimum Gasteiger partial charge on any atom is -0.419 e. The molecule has 148 valence electrons. The van der Waals surface area contributed by atoms with E-state index in [0.29, 0.717) is 22.1 Å². The lowest BCUT2D eigenvalue weighted by molar-refractivity contribution is -0.385. The van der Waals surface area contributed by atoms with Crippen molar-refractivity contribution in [2.75, 3.05) is 5.75 Å². The van der Waals surface area contributed by atoms with Crippen molar-refractivity contribution in [2.24, 2.45) is 5.73 Å². The monoisotopic (exact) mass is 408 g/mol. The molecule has 0 fully saturated rings. The zero-order chi connectivity index (χ0) is 20.8. The number of rotatable bonds is 8. The number of nitro groups is 1. The van der Waals surface area contributed by atoms with Crippen molar-refractivity contribution >= 4 is 29.3 Å². The van der Waals surface area contributed by atoms with Gasteiger partial charge in [0.15, 0.2) is 5.16 Å². The van der Waals surface area contributed by atoms with Gasteiger partial charge in [0.1, 0.15) is 5.82 Å². The lowest BCUT2D eigenvalue weighted by Crippen LogP contribution is -2.14. The number of esters is 1. The molecular weight excluding hydrogens is 391 g/mol. The highest BCUT2D eigenvalue weighted by Crippen LogP contribution is 2.28. The SMILES string of the molecule is Cc1nc(SCC(N)=O)nc(C)c1CCC(=O)Oc1cc(F)ccc1[N+](=O)[O-]. The van der Waals surface area contributed by atoms with Crippen LogP contribution in [-0.4, -0.2) is 32.5 Å². The molecule has 0 radical (unpaired) electrons. The van der Waals surface area contributed by atoms with Crippen LogP contribution in [0.5, 0.6) is 5.75 Å². The number of primary amides is 1. The molecule has 0 saturated carbocycles. The molecule has 0 bridgehead atoms. The maximum absolute atomic E-state index is 13.3. The third-order valence-corrected chi connectivity index (χ3v) is 4.53. The number of ether oxygens (including phenoxy) is 1. The number of hydrogen-bond donors (Lipinski definition) is 1. The smallest absolute Gasteiger partial charge is 0.311 e. The van der Waals surface area contributed by atoms with E-state index in [-0.39, 0.29) is 18.6 Å². The van der Waals surface area contributed by atoms with E-state index >= 15 is 0 Å². The molecule has 0 spiro atoms. The highest BCUT2D eigenvalue weighted by molar-refractivity contribution is 7.99. The second kappa shape index (κ2) is 9.22. The van der Waals surface area contributed by atoms with Gasteiger partial charge in [0, 0.05) is 23.5 Å². The summed E-state index contributed by atoms with van der Waals surface area (Å²) in [7, 11) is 0. The van der Waals surface area contributed by atoms with E-state index < -0.39 is 34.1 Å². The van der Waals surface area contributed by atoms with Gasteiger partial charge in [-0.3, -0.25) is 19.7 Å². The number of nitrogens with two attached hydrogens (primary N) is 1. The number of nitro benzene ring substituents is 1. The van der Waals surface area contributed by atoms with Crippen molar-refractivity contribution in [3.63, 3.8) is 0 Å². The van der Waals surface area contributed by atoms with E-state index in [9.17, 15) is 24.1 Å². The Labute approximate surface area is 163 Å². The fourth-order valence-electron chi connectivity index (χ4n) is 2.39. The van der Waals surface area contributed by atoms with E-state index in [4.69, 9.17) is 10.5 Å². The highest BCUT2D eigenvalue weighted by Gasteiger charge is 2.19. The van der Waals surface area contributed by atoms with Gasteiger partial charge in [-0.15, -0.1) is 0 Å². The second-order valence-electron chi connectivity index (χ2n) is 5.75. The molecule has 0 aliphatic heterocycles. The summed E-state index contributed by atoms with van der Waals surface area (Å²) < 4.78 is 18.3. The number of halogens is 1. The van der Waals surface area contributed by atoms with Crippen LogP contribution in [0.1, 0.15) is 23.4 Å². The van der Waals surface area contributed by atoms with Crippen LogP contribution in [0.15, 0.2) is 23.4 Å². The Balaban J connectivity index is 2.06. The number of benzene rings is 1. The minimum absolute atomic E-state index is 0.0525. The zero-order valence-corrected chi connectivity index (χ0v) is 15.9. The summed E-state index contributed by atoms with van der Waals surface area (Å²) in [5.41, 5.74) is 6.57. The van der Waals surface area contributed by atoms with Crippen molar-refractivity contribution in [3.05, 3.63) is 51.1 Å². The number of aromatic nitrogens is 2. The Bertz CT molecular complexity index is 915.